The Bertz CT molecular complexity index is 1140. The summed E-state index contributed by atoms with van der Waals surface area (Å²) in [6, 6.07) is 22.3. The molecule has 0 amide bonds. The van der Waals surface area contributed by atoms with Crippen molar-refractivity contribution in [3.05, 3.63) is 88.4 Å². The van der Waals surface area contributed by atoms with Crippen molar-refractivity contribution in [1.29, 1.82) is 0 Å². The van der Waals surface area contributed by atoms with Gasteiger partial charge < -0.3 is 9.47 Å². The molecule has 220 valence electrons. The summed E-state index contributed by atoms with van der Waals surface area (Å²) in [7, 11) is 0. The Morgan fingerprint density at radius 1 is 0.659 bits per heavy atom. The third-order valence-electron chi connectivity index (χ3n) is 7.14. The molecule has 0 saturated carbocycles. The second-order valence-electron chi connectivity index (χ2n) is 10.7. The van der Waals surface area contributed by atoms with E-state index in [1.165, 1.54) is 83.5 Å². The van der Waals surface area contributed by atoms with Crippen LogP contribution in [0.1, 0.15) is 113 Å². The molecule has 3 rings (SSSR count). The van der Waals surface area contributed by atoms with E-state index < -0.39 is 0 Å². The zero-order valence-electron chi connectivity index (χ0n) is 24.7. The van der Waals surface area contributed by atoms with E-state index in [2.05, 4.69) is 27.8 Å². The molecule has 5 heteroatoms. The summed E-state index contributed by atoms with van der Waals surface area (Å²) in [5.74, 6) is 0.888. The van der Waals surface area contributed by atoms with Crippen molar-refractivity contribution in [2.24, 2.45) is 4.99 Å². The minimum Gasteiger partial charge on any atom is -0.494 e. The van der Waals surface area contributed by atoms with E-state index in [-0.39, 0.29) is 5.97 Å². The molecule has 4 nitrogen and oxygen atoms in total. The highest BCUT2D eigenvalue weighted by Gasteiger charge is 2.09. The predicted octanol–water partition coefficient (Wildman–Crippen LogP) is 11.3. The first-order chi connectivity index (χ1) is 20.1. The number of aliphatic imine (C=N–C) groups is 1. The lowest BCUT2D eigenvalue weighted by molar-refractivity contribution is 0.0734. The van der Waals surface area contributed by atoms with Gasteiger partial charge in [-0.15, -0.1) is 0 Å². The van der Waals surface area contributed by atoms with Crippen molar-refractivity contribution in [3.63, 3.8) is 0 Å². The number of esters is 1. The fraction of sp³-hybridized carbons (Fsp3) is 0.444. The van der Waals surface area contributed by atoms with Gasteiger partial charge in [0.05, 0.1) is 17.9 Å². The van der Waals surface area contributed by atoms with Crippen LogP contribution in [0.3, 0.4) is 0 Å². The fourth-order valence-electron chi connectivity index (χ4n) is 4.64. The molecule has 3 aromatic carbocycles. The molecule has 0 saturated heterocycles. The Balaban J connectivity index is 1.24. The number of halogens is 1. The maximum absolute atomic E-state index is 12.6. The third kappa shape index (κ3) is 14.0. The lowest BCUT2D eigenvalue weighted by atomic mass is 10.0. The van der Waals surface area contributed by atoms with Crippen LogP contribution in [0, 0.1) is 0 Å². The van der Waals surface area contributed by atoms with Crippen molar-refractivity contribution in [2.75, 3.05) is 6.61 Å². The van der Waals surface area contributed by atoms with Gasteiger partial charge in [0.2, 0.25) is 0 Å². The normalized spacial score (nSPS) is 11.2. The highest BCUT2D eigenvalue weighted by atomic mass is 79.9. The van der Waals surface area contributed by atoms with Crippen molar-refractivity contribution < 1.29 is 14.3 Å². The summed E-state index contributed by atoms with van der Waals surface area (Å²) in [6.45, 7) is 2.98. The molecule has 0 spiro atoms. The molecule has 0 radical (unpaired) electrons. The van der Waals surface area contributed by atoms with E-state index in [0.717, 1.165) is 27.9 Å². The maximum Gasteiger partial charge on any atom is 0.343 e. The zero-order chi connectivity index (χ0) is 29.0. The Hall–Kier alpha value is -2.92. The highest BCUT2D eigenvalue weighted by molar-refractivity contribution is 9.10. The summed E-state index contributed by atoms with van der Waals surface area (Å²) in [5.41, 5.74) is 2.29. The third-order valence-corrected chi connectivity index (χ3v) is 7.67. The number of ether oxygens (including phenoxy) is 2. The average molecular weight is 621 g/mol. The SMILES string of the molecule is CCCCCCCCCCCCCCCCOc1ccc(C(=O)Oc2ccc(C=Nc3ccc(Br)cc3)cc2)cc1. The van der Waals surface area contributed by atoms with Gasteiger partial charge >= 0.3 is 5.97 Å². The van der Waals surface area contributed by atoms with Gasteiger partial charge in [0.15, 0.2) is 0 Å². The summed E-state index contributed by atoms with van der Waals surface area (Å²) in [6.07, 6.45) is 20.6. The quantitative estimate of drug-likeness (QED) is 0.0546. The van der Waals surface area contributed by atoms with Crippen LogP contribution in [-0.2, 0) is 0 Å². The Morgan fingerprint density at radius 3 is 1.73 bits per heavy atom. The number of carbonyl (C=O) groups excluding carboxylic acids is 1. The molecule has 0 atom stereocenters. The molecule has 0 aliphatic carbocycles. The van der Waals surface area contributed by atoms with Gasteiger partial charge in [-0.25, -0.2) is 4.79 Å². The first-order valence-electron chi connectivity index (χ1n) is 15.5. The summed E-state index contributed by atoms with van der Waals surface area (Å²) >= 11 is 3.42. The summed E-state index contributed by atoms with van der Waals surface area (Å²) < 4.78 is 12.4. The smallest absolute Gasteiger partial charge is 0.343 e. The van der Waals surface area contributed by atoms with Crippen LogP contribution in [0.15, 0.2) is 82.3 Å². The Kier molecular flexibility index (Phi) is 15.9. The fourth-order valence-corrected chi connectivity index (χ4v) is 4.90. The first kappa shape index (κ1) is 32.6. The summed E-state index contributed by atoms with van der Waals surface area (Å²) in [5, 5.41) is 0. The molecule has 3 aromatic rings. The first-order valence-corrected chi connectivity index (χ1v) is 16.3. The number of unbranched alkanes of at least 4 members (excludes halogenated alkanes) is 13. The van der Waals surface area contributed by atoms with Gasteiger partial charge in [-0.05, 0) is 84.8 Å². The zero-order valence-corrected chi connectivity index (χ0v) is 26.2. The molecule has 0 bridgehead atoms. The van der Waals surface area contributed by atoms with Crippen molar-refractivity contribution in [3.8, 4) is 11.5 Å². The van der Waals surface area contributed by atoms with Crippen LogP contribution >= 0.6 is 15.9 Å². The molecule has 0 unspecified atom stereocenters. The molecule has 41 heavy (non-hydrogen) atoms. The van der Waals surface area contributed by atoms with Crippen LogP contribution in [0.5, 0.6) is 11.5 Å². The van der Waals surface area contributed by atoms with E-state index in [4.69, 9.17) is 9.47 Å². The number of rotatable bonds is 20. The van der Waals surface area contributed by atoms with Gasteiger partial charge in [-0.2, -0.15) is 0 Å². The number of benzene rings is 3. The molecule has 0 aliphatic rings. The number of carbonyl (C=O) groups is 1. The topological polar surface area (TPSA) is 47.9 Å². The Morgan fingerprint density at radius 2 is 1.17 bits per heavy atom. The number of hydrogen-bond acceptors (Lipinski definition) is 4. The standard InChI is InChI=1S/C36H46BrNO3/c1-2-3-4-5-6-7-8-9-10-11-12-13-14-15-28-40-34-26-18-31(19-27-34)36(39)41-35-24-16-30(17-25-35)29-38-33-22-20-32(37)21-23-33/h16-27,29H,2-15,28H2,1H3. The lowest BCUT2D eigenvalue weighted by Crippen LogP contribution is -2.08. The van der Waals surface area contributed by atoms with Gasteiger partial charge in [-0.1, -0.05) is 106 Å². The van der Waals surface area contributed by atoms with E-state index >= 15 is 0 Å². The van der Waals surface area contributed by atoms with Gasteiger partial charge in [-0.3, -0.25) is 4.99 Å². The van der Waals surface area contributed by atoms with E-state index in [9.17, 15) is 4.79 Å². The lowest BCUT2D eigenvalue weighted by Gasteiger charge is -2.08. The van der Waals surface area contributed by atoms with Crippen LogP contribution < -0.4 is 9.47 Å². The molecule has 0 fully saturated rings. The predicted molar refractivity (Wildman–Crippen MR) is 175 cm³/mol. The number of hydrogen-bond donors (Lipinski definition) is 0. The van der Waals surface area contributed by atoms with Crippen LogP contribution in [0.2, 0.25) is 0 Å². The second-order valence-corrected chi connectivity index (χ2v) is 11.6. The Labute approximate surface area is 255 Å². The van der Waals surface area contributed by atoms with E-state index in [0.29, 0.717) is 17.9 Å². The molecule has 0 aliphatic heterocycles. The summed E-state index contributed by atoms with van der Waals surface area (Å²) in [4.78, 5) is 17.0. The van der Waals surface area contributed by atoms with E-state index in [1.807, 2.05) is 48.5 Å². The minimum absolute atomic E-state index is 0.389. The molecule has 0 N–H and O–H groups in total. The van der Waals surface area contributed by atoms with Crippen LogP contribution in [0.25, 0.3) is 0 Å². The second kappa shape index (κ2) is 20.0. The number of nitrogens with zero attached hydrogens (tertiary/aromatic N) is 1. The maximum atomic E-state index is 12.6. The molecule has 0 heterocycles. The van der Waals surface area contributed by atoms with Crippen LogP contribution in [-0.4, -0.2) is 18.8 Å². The molecule has 0 aromatic heterocycles. The monoisotopic (exact) mass is 619 g/mol. The molecular weight excluding hydrogens is 574 g/mol. The molecular formula is C36H46BrNO3. The highest BCUT2D eigenvalue weighted by Crippen LogP contribution is 2.19. The van der Waals surface area contributed by atoms with Crippen molar-refractivity contribution in [1.82, 2.24) is 0 Å². The average Bonchev–Trinajstić information content (AvgIpc) is 3.00. The largest absolute Gasteiger partial charge is 0.494 e. The van der Waals surface area contributed by atoms with Crippen molar-refractivity contribution >= 4 is 33.8 Å². The van der Waals surface area contributed by atoms with Crippen LogP contribution in [0.4, 0.5) is 5.69 Å². The van der Waals surface area contributed by atoms with Gasteiger partial charge in [0.1, 0.15) is 11.5 Å². The van der Waals surface area contributed by atoms with E-state index in [1.54, 1.807) is 30.5 Å². The minimum atomic E-state index is -0.389. The van der Waals surface area contributed by atoms with Gasteiger partial charge in [0.25, 0.3) is 0 Å². The van der Waals surface area contributed by atoms with Crippen molar-refractivity contribution in [2.45, 2.75) is 96.8 Å². The van der Waals surface area contributed by atoms with Gasteiger partial charge in [0, 0.05) is 10.7 Å².